The first-order valence-corrected chi connectivity index (χ1v) is 25.9. The summed E-state index contributed by atoms with van der Waals surface area (Å²) in [6.07, 6.45) is 0. The minimum absolute atomic E-state index is 0.645. The number of nitrogens with zero attached hydrogens (tertiary/aromatic N) is 1. The number of ether oxygens (including phenoxy) is 2. The normalized spacial score (nSPS) is 15.3. The summed E-state index contributed by atoms with van der Waals surface area (Å²) >= 11 is 0. The number of fused-ring (bicyclic) bond motifs is 19. The van der Waals surface area contributed by atoms with Crippen molar-refractivity contribution in [2.45, 2.75) is 10.8 Å². The van der Waals surface area contributed by atoms with Gasteiger partial charge in [-0.2, -0.15) is 0 Å². The van der Waals surface area contributed by atoms with E-state index in [-0.39, 0.29) is 0 Å². The first-order chi connectivity index (χ1) is 37.2. The lowest BCUT2D eigenvalue weighted by molar-refractivity contribution is 0.436. The van der Waals surface area contributed by atoms with Crippen LogP contribution in [0.2, 0.25) is 0 Å². The first kappa shape index (κ1) is 41.9. The molecule has 16 rings (SSSR count). The van der Waals surface area contributed by atoms with Gasteiger partial charge in [0, 0.05) is 39.1 Å². The van der Waals surface area contributed by atoms with Crippen LogP contribution >= 0.6 is 0 Å². The van der Waals surface area contributed by atoms with Gasteiger partial charge in [-0.3, -0.25) is 0 Å². The topological polar surface area (TPSA) is 21.7 Å². The Bertz CT molecular complexity index is 4280. The summed E-state index contributed by atoms with van der Waals surface area (Å²) in [6, 6.07) is 100. The molecule has 0 N–H and O–H groups in total. The smallest absolute Gasteiger partial charge is 0.132 e. The molecule has 2 heterocycles. The van der Waals surface area contributed by atoms with Crippen molar-refractivity contribution in [3.63, 3.8) is 0 Å². The fourth-order valence-corrected chi connectivity index (χ4v) is 13.6. The van der Waals surface area contributed by atoms with E-state index in [1.165, 1.54) is 61.0 Å². The van der Waals surface area contributed by atoms with Crippen molar-refractivity contribution in [2.75, 3.05) is 4.90 Å². The second-order valence-corrected chi connectivity index (χ2v) is 20.2. The van der Waals surface area contributed by atoms with Crippen LogP contribution in [0.5, 0.6) is 23.0 Å². The molecule has 350 valence electrons. The molecule has 3 nitrogen and oxygen atoms in total. The third-order valence-electron chi connectivity index (χ3n) is 16.6. The van der Waals surface area contributed by atoms with E-state index in [1.807, 2.05) is 0 Å². The van der Waals surface area contributed by atoms with E-state index in [2.05, 4.69) is 278 Å². The molecule has 0 radical (unpaired) electrons. The highest BCUT2D eigenvalue weighted by molar-refractivity contribution is 6.02. The number of hydrogen-bond acceptors (Lipinski definition) is 3. The maximum Gasteiger partial charge on any atom is 0.132 e. The molecule has 0 aromatic heterocycles. The molecule has 2 aliphatic heterocycles. The highest BCUT2D eigenvalue weighted by Crippen LogP contribution is 2.66. The standard InChI is InChI=1S/C72H45NO2/c1-2-19-46(20-3-1)47-37-39-48(40-38-47)52-23-8-14-32-64(52)73(65-33-18-31-61-70(65)55-25-7-10-27-57(55)71(61)58-28-11-15-34-66(58)74-67-35-16-12-29-59(67)71)51-41-42-54-53-24-6-9-26-56(53)72(62(54)45-51)60-30-13-17-36-68(60)75-69-44-50-22-5-4-21-49(50)43-63(69)72/h1-45H. The van der Waals surface area contributed by atoms with Gasteiger partial charge in [0.05, 0.1) is 22.2 Å². The van der Waals surface area contributed by atoms with E-state index < -0.39 is 10.8 Å². The Balaban J connectivity index is 0.999. The quantitative estimate of drug-likeness (QED) is 0.172. The van der Waals surface area contributed by atoms with Crippen LogP contribution in [0, 0.1) is 0 Å². The van der Waals surface area contributed by atoms with E-state index in [9.17, 15) is 0 Å². The summed E-state index contributed by atoms with van der Waals surface area (Å²) in [5.41, 5.74) is 20.9. The summed E-state index contributed by atoms with van der Waals surface area (Å²) in [6.45, 7) is 0. The summed E-state index contributed by atoms with van der Waals surface area (Å²) in [5.74, 6) is 3.49. The SMILES string of the molecule is c1ccc(-c2ccc(-c3ccccc3N(c3ccc4c(c3)C3(c5ccccc5Oc5cc6ccccc6cc53)c3ccccc3-4)c3cccc4c3-c3ccccc3C43c4ccccc4Oc4ccccc43)cc2)cc1. The molecule has 2 spiro atoms. The Morgan fingerprint density at radius 2 is 0.720 bits per heavy atom. The zero-order chi connectivity index (χ0) is 49.2. The average Bonchev–Trinajstić information content (AvgIpc) is 4.15. The molecule has 0 amide bonds. The summed E-state index contributed by atoms with van der Waals surface area (Å²) in [7, 11) is 0. The molecule has 1 atom stereocenters. The van der Waals surface area contributed by atoms with Crippen LogP contribution in [0.25, 0.3) is 55.3 Å². The summed E-state index contributed by atoms with van der Waals surface area (Å²) in [4.78, 5) is 2.55. The largest absolute Gasteiger partial charge is 0.457 e. The van der Waals surface area contributed by atoms with E-state index in [4.69, 9.17) is 9.47 Å². The van der Waals surface area contributed by atoms with Crippen molar-refractivity contribution in [3.8, 4) is 67.5 Å². The van der Waals surface area contributed by atoms with Crippen LogP contribution in [0.4, 0.5) is 17.1 Å². The Morgan fingerprint density at radius 3 is 1.41 bits per heavy atom. The fraction of sp³-hybridized carbons (Fsp3) is 0.0278. The van der Waals surface area contributed by atoms with Crippen LogP contribution in [0.1, 0.15) is 44.5 Å². The van der Waals surface area contributed by atoms with E-state index in [0.717, 1.165) is 78.8 Å². The minimum Gasteiger partial charge on any atom is -0.457 e. The van der Waals surface area contributed by atoms with E-state index in [1.54, 1.807) is 0 Å². The number of para-hydroxylation sites is 4. The summed E-state index contributed by atoms with van der Waals surface area (Å²) < 4.78 is 13.8. The Hall–Kier alpha value is -9.70. The Labute approximate surface area is 435 Å². The zero-order valence-corrected chi connectivity index (χ0v) is 40.7. The lowest BCUT2D eigenvalue weighted by Crippen LogP contribution is -2.32. The molecule has 12 aromatic rings. The number of benzene rings is 12. The van der Waals surface area contributed by atoms with Gasteiger partial charge in [-0.25, -0.2) is 0 Å². The van der Waals surface area contributed by atoms with Crippen LogP contribution < -0.4 is 14.4 Å². The van der Waals surface area contributed by atoms with Crippen LogP contribution in [-0.4, -0.2) is 0 Å². The van der Waals surface area contributed by atoms with Crippen molar-refractivity contribution >= 4 is 27.8 Å². The van der Waals surface area contributed by atoms with Gasteiger partial charge < -0.3 is 14.4 Å². The molecule has 0 saturated carbocycles. The van der Waals surface area contributed by atoms with Gasteiger partial charge in [0.25, 0.3) is 0 Å². The van der Waals surface area contributed by atoms with Gasteiger partial charge in [-0.15, -0.1) is 0 Å². The van der Waals surface area contributed by atoms with Gasteiger partial charge in [0.15, 0.2) is 0 Å². The molecule has 0 fully saturated rings. The lowest BCUT2D eigenvalue weighted by atomic mass is 9.65. The fourth-order valence-electron chi connectivity index (χ4n) is 13.6. The van der Waals surface area contributed by atoms with Crippen LogP contribution in [0.3, 0.4) is 0 Å². The maximum atomic E-state index is 6.99. The molecule has 0 bridgehead atoms. The van der Waals surface area contributed by atoms with Crippen LogP contribution in [-0.2, 0) is 10.8 Å². The zero-order valence-electron chi connectivity index (χ0n) is 40.7. The monoisotopic (exact) mass is 955 g/mol. The molecule has 0 saturated heterocycles. The first-order valence-electron chi connectivity index (χ1n) is 25.9. The number of anilines is 3. The molecule has 3 heteroatoms. The third-order valence-corrected chi connectivity index (χ3v) is 16.6. The van der Waals surface area contributed by atoms with E-state index >= 15 is 0 Å². The molecular formula is C72H45NO2. The van der Waals surface area contributed by atoms with Crippen molar-refractivity contribution in [1.82, 2.24) is 0 Å². The van der Waals surface area contributed by atoms with Gasteiger partial charge in [0.2, 0.25) is 0 Å². The van der Waals surface area contributed by atoms with Crippen molar-refractivity contribution in [2.24, 2.45) is 0 Å². The molecular weight excluding hydrogens is 911 g/mol. The van der Waals surface area contributed by atoms with E-state index in [0.29, 0.717) is 0 Å². The van der Waals surface area contributed by atoms with Gasteiger partial charge >= 0.3 is 0 Å². The molecule has 75 heavy (non-hydrogen) atoms. The Morgan fingerprint density at radius 1 is 0.253 bits per heavy atom. The lowest BCUT2D eigenvalue weighted by Gasteiger charge is -2.40. The van der Waals surface area contributed by atoms with Gasteiger partial charge in [-0.1, -0.05) is 218 Å². The predicted molar refractivity (Wildman–Crippen MR) is 304 cm³/mol. The average molecular weight is 956 g/mol. The minimum atomic E-state index is -0.695. The molecule has 4 aliphatic rings. The third kappa shape index (κ3) is 5.75. The molecule has 12 aromatic carbocycles. The number of hydrogen-bond donors (Lipinski definition) is 0. The Kier molecular flexibility index (Phi) is 8.88. The van der Waals surface area contributed by atoms with Crippen molar-refractivity contribution in [3.05, 3.63) is 317 Å². The van der Waals surface area contributed by atoms with Crippen molar-refractivity contribution in [1.29, 1.82) is 0 Å². The summed E-state index contributed by atoms with van der Waals surface area (Å²) in [5, 5.41) is 2.33. The highest BCUT2D eigenvalue weighted by atomic mass is 16.5. The van der Waals surface area contributed by atoms with Crippen molar-refractivity contribution < 1.29 is 9.47 Å². The number of rotatable bonds is 5. The van der Waals surface area contributed by atoms with Crippen LogP contribution in [0.15, 0.2) is 273 Å². The second kappa shape index (κ2) is 15.9. The second-order valence-electron chi connectivity index (χ2n) is 20.2. The molecule has 2 aliphatic carbocycles. The van der Waals surface area contributed by atoms with Gasteiger partial charge in [-0.05, 0) is 121 Å². The van der Waals surface area contributed by atoms with Gasteiger partial charge in [0.1, 0.15) is 23.0 Å². The maximum absolute atomic E-state index is 6.99. The molecule has 1 unspecified atom stereocenters. The highest BCUT2D eigenvalue weighted by Gasteiger charge is 2.54. The predicted octanol–water partition coefficient (Wildman–Crippen LogP) is 18.6.